The Bertz CT molecular complexity index is 701. The van der Waals surface area contributed by atoms with Crippen LogP contribution in [-0.2, 0) is 0 Å². The van der Waals surface area contributed by atoms with Gasteiger partial charge in [0, 0.05) is 6.04 Å². The van der Waals surface area contributed by atoms with E-state index in [1.54, 1.807) is 4.57 Å². The first-order chi connectivity index (χ1) is 8.72. The molecule has 0 bridgehead atoms. The molecule has 4 heteroatoms. The molecule has 2 unspecified atom stereocenters. The molecular weight excluding hydrogens is 244 g/mol. The Morgan fingerprint density at radius 3 is 3.00 bits per heavy atom. The third-order valence-electron chi connectivity index (χ3n) is 3.71. The fourth-order valence-electron chi connectivity index (χ4n) is 2.71. The number of benzene rings is 1. The number of hydrogen-bond acceptors (Lipinski definition) is 2. The first-order valence-electron chi connectivity index (χ1n) is 6.46. The van der Waals surface area contributed by atoms with Crippen LogP contribution in [0.3, 0.4) is 0 Å². The van der Waals surface area contributed by atoms with Gasteiger partial charge in [0.1, 0.15) is 0 Å². The van der Waals surface area contributed by atoms with Crippen molar-refractivity contribution in [3.05, 3.63) is 39.4 Å². The molecule has 18 heavy (non-hydrogen) atoms. The molecule has 2 atom stereocenters. The van der Waals surface area contributed by atoms with Crippen molar-refractivity contribution >= 4 is 23.1 Å². The highest BCUT2D eigenvalue weighted by atomic mass is 32.1. The van der Waals surface area contributed by atoms with Crippen LogP contribution >= 0.6 is 12.2 Å². The van der Waals surface area contributed by atoms with E-state index in [1.807, 2.05) is 24.3 Å². The van der Waals surface area contributed by atoms with Crippen molar-refractivity contribution in [2.45, 2.75) is 32.2 Å². The molecule has 0 spiro atoms. The van der Waals surface area contributed by atoms with E-state index in [2.05, 4.69) is 11.9 Å². The molecule has 0 aliphatic heterocycles. The van der Waals surface area contributed by atoms with Crippen LogP contribution in [0.2, 0.25) is 0 Å². The fraction of sp³-hybridized carbons (Fsp3) is 0.429. The second-order valence-corrected chi connectivity index (χ2v) is 5.39. The predicted molar refractivity (Wildman–Crippen MR) is 75.4 cm³/mol. The molecular formula is C14H16N2OS. The number of para-hydroxylation sites is 1. The topological polar surface area (TPSA) is 37.8 Å². The quantitative estimate of drug-likeness (QED) is 0.859. The van der Waals surface area contributed by atoms with Crippen LogP contribution < -0.4 is 5.56 Å². The summed E-state index contributed by atoms with van der Waals surface area (Å²) in [6.45, 7) is 2.18. The van der Waals surface area contributed by atoms with E-state index in [4.69, 9.17) is 12.2 Å². The van der Waals surface area contributed by atoms with Crippen LogP contribution in [0.4, 0.5) is 0 Å². The van der Waals surface area contributed by atoms with E-state index in [9.17, 15) is 4.79 Å². The highest BCUT2D eigenvalue weighted by Crippen LogP contribution is 2.45. The molecule has 1 aromatic carbocycles. The van der Waals surface area contributed by atoms with Gasteiger partial charge in [-0.2, -0.15) is 0 Å². The van der Waals surface area contributed by atoms with Gasteiger partial charge < -0.3 is 4.98 Å². The molecule has 1 aromatic heterocycles. The molecule has 3 nitrogen and oxygen atoms in total. The summed E-state index contributed by atoms with van der Waals surface area (Å²) in [5.41, 5.74) is 0.884. The Labute approximate surface area is 110 Å². The number of nitrogens with one attached hydrogen (secondary N) is 1. The number of fused-ring (bicyclic) bond motifs is 1. The van der Waals surface area contributed by atoms with Gasteiger partial charge in [-0.05, 0) is 43.1 Å². The van der Waals surface area contributed by atoms with Crippen molar-refractivity contribution in [1.29, 1.82) is 0 Å². The summed E-state index contributed by atoms with van der Waals surface area (Å²) in [4.78, 5) is 15.6. The lowest BCUT2D eigenvalue weighted by atomic mass is 10.2. The highest BCUT2D eigenvalue weighted by molar-refractivity contribution is 7.71. The molecule has 3 rings (SSSR count). The predicted octanol–water partition coefficient (Wildman–Crippen LogP) is 3.42. The minimum absolute atomic E-state index is 0.0537. The third-order valence-corrected chi connectivity index (χ3v) is 4.01. The zero-order chi connectivity index (χ0) is 12.7. The maximum absolute atomic E-state index is 12.5. The van der Waals surface area contributed by atoms with Crippen LogP contribution in [0.25, 0.3) is 10.9 Å². The average Bonchev–Trinajstić information content (AvgIpc) is 3.09. The van der Waals surface area contributed by atoms with Crippen molar-refractivity contribution in [3.8, 4) is 0 Å². The van der Waals surface area contributed by atoms with Crippen LogP contribution in [0.15, 0.2) is 29.1 Å². The Morgan fingerprint density at radius 2 is 2.22 bits per heavy atom. The number of H-pyrrole nitrogens is 1. The summed E-state index contributed by atoms with van der Waals surface area (Å²) in [7, 11) is 0. The molecule has 1 aliphatic rings. The van der Waals surface area contributed by atoms with Crippen molar-refractivity contribution in [1.82, 2.24) is 9.55 Å². The standard InChI is InChI=1S/C14H16N2OS/c1-2-5-9-8-12(9)16-13(17)10-6-3-4-7-11(10)15-14(16)18/h3-4,6-7,9,12H,2,5,8H2,1H3,(H,15,18). The summed E-state index contributed by atoms with van der Waals surface area (Å²) in [6, 6.07) is 7.87. The Kier molecular flexibility index (Phi) is 2.82. The van der Waals surface area contributed by atoms with Crippen LogP contribution in [0, 0.1) is 10.7 Å². The lowest BCUT2D eigenvalue weighted by Gasteiger charge is -2.07. The minimum atomic E-state index is 0.0537. The minimum Gasteiger partial charge on any atom is -0.332 e. The van der Waals surface area contributed by atoms with Gasteiger partial charge in [0.05, 0.1) is 10.9 Å². The van der Waals surface area contributed by atoms with Crippen molar-refractivity contribution in [2.75, 3.05) is 0 Å². The van der Waals surface area contributed by atoms with Gasteiger partial charge >= 0.3 is 0 Å². The first-order valence-corrected chi connectivity index (χ1v) is 6.86. The van der Waals surface area contributed by atoms with Gasteiger partial charge in [0.2, 0.25) is 0 Å². The zero-order valence-corrected chi connectivity index (χ0v) is 11.2. The molecule has 1 aliphatic carbocycles. The van der Waals surface area contributed by atoms with Crippen molar-refractivity contribution in [3.63, 3.8) is 0 Å². The smallest absolute Gasteiger partial charge is 0.262 e. The maximum Gasteiger partial charge on any atom is 0.262 e. The molecule has 0 saturated heterocycles. The molecule has 1 saturated carbocycles. The largest absolute Gasteiger partial charge is 0.332 e. The molecule has 2 aromatic rings. The zero-order valence-electron chi connectivity index (χ0n) is 10.3. The lowest BCUT2D eigenvalue weighted by Crippen LogP contribution is -2.21. The fourth-order valence-corrected chi connectivity index (χ4v) is 3.03. The van der Waals surface area contributed by atoms with Crippen molar-refractivity contribution in [2.24, 2.45) is 5.92 Å². The average molecular weight is 260 g/mol. The van der Waals surface area contributed by atoms with E-state index in [0.717, 1.165) is 17.3 Å². The molecule has 0 amide bonds. The van der Waals surface area contributed by atoms with Gasteiger partial charge in [0.15, 0.2) is 4.77 Å². The lowest BCUT2D eigenvalue weighted by molar-refractivity contribution is 0.585. The third kappa shape index (κ3) is 1.81. The summed E-state index contributed by atoms with van der Waals surface area (Å²) in [5, 5.41) is 0.730. The Balaban J connectivity index is 2.14. The molecule has 1 fully saturated rings. The SMILES string of the molecule is CCCC1CC1n1c(=S)[nH]c2ccccc2c1=O. The van der Waals surface area contributed by atoms with E-state index >= 15 is 0 Å². The summed E-state index contributed by atoms with van der Waals surface area (Å²) in [5.74, 6) is 0.629. The first kappa shape index (κ1) is 11.7. The number of aromatic nitrogens is 2. The van der Waals surface area contributed by atoms with Gasteiger partial charge in [-0.3, -0.25) is 9.36 Å². The summed E-state index contributed by atoms with van der Waals surface area (Å²) >= 11 is 5.33. The van der Waals surface area contributed by atoms with Gasteiger partial charge in [-0.15, -0.1) is 0 Å². The number of nitrogens with zero attached hydrogens (tertiary/aromatic N) is 1. The number of aromatic amines is 1. The van der Waals surface area contributed by atoms with Gasteiger partial charge in [0.25, 0.3) is 5.56 Å². The molecule has 94 valence electrons. The molecule has 0 radical (unpaired) electrons. The van der Waals surface area contributed by atoms with Crippen LogP contribution in [0.5, 0.6) is 0 Å². The second-order valence-electron chi connectivity index (χ2n) is 5.00. The van der Waals surface area contributed by atoms with Gasteiger partial charge in [-0.25, -0.2) is 0 Å². The summed E-state index contributed by atoms with van der Waals surface area (Å²) < 4.78 is 2.33. The van der Waals surface area contributed by atoms with Gasteiger partial charge in [-0.1, -0.05) is 25.5 Å². The molecule has 1 heterocycles. The van der Waals surface area contributed by atoms with E-state index < -0.39 is 0 Å². The maximum atomic E-state index is 12.5. The van der Waals surface area contributed by atoms with E-state index in [-0.39, 0.29) is 5.56 Å². The Morgan fingerprint density at radius 1 is 1.44 bits per heavy atom. The van der Waals surface area contributed by atoms with Crippen LogP contribution in [0.1, 0.15) is 32.2 Å². The number of rotatable bonds is 3. The normalized spacial score (nSPS) is 22.3. The highest BCUT2D eigenvalue weighted by Gasteiger charge is 2.39. The summed E-state index contributed by atoms with van der Waals surface area (Å²) in [6.07, 6.45) is 3.43. The van der Waals surface area contributed by atoms with Crippen LogP contribution in [-0.4, -0.2) is 9.55 Å². The number of hydrogen-bond donors (Lipinski definition) is 1. The van der Waals surface area contributed by atoms with Crippen molar-refractivity contribution < 1.29 is 0 Å². The van der Waals surface area contributed by atoms with E-state index in [0.29, 0.717) is 16.7 Å². The monoisotopic (exact) mass is 260 g/mol. The van der Waals surface area contributed by atoms with E-state index in [1.165, 1.54) is 12.8 Å². The second kappa shape index (κ2) is 4.35. The Hall–Kier alpha value is -1.42. The molecule has 1 N–H and O–H groups in total.